The summed E-state index contributed by atoms with van der Waals surface area (Å²) in [5, 5.41) is 0.356. The van der Waals surface area contributed by atoms with Gasteiger partial charge in [-0.05, 0) is 39.0 Å². The lowest BCUT2D eigenvalue weighted by Crippen LogP contribution is -2.26. The molecule has 0 saturated carbocycles. The number of benzene rings is 1. The second-order valence-corrected chi connectivity index (χ2v) is 6.93. The minimum Gasteiger partial charge on any atom is -0.383 e. The molecule has 1 aromatic heterocycles. The topological polar surface area (TPSA) is 43.8 Å². The molecule has 0 fully saturated rings. The Morgan fingerprint density at radius 2 is 1.90 bits per heavy atom. The third kappa shape index (κ3) is 2.91. The van der Waals surface area contributed by atoms with E-state index in [1.54, 1.807) is 12.1 Å². The van der Waals surface area contributed by atoms with Crippen molar-refractivity contribution in [1.29, 1.82) is 0 Å². The predicted molar refractivity (Wildman–Crippen MR) is 86.1 cm³/mol. The Labute approximate surface area is 129 Å². The summed E-state index contributed by atoms with van der Waals surface area (Å²) < 4.78 is 16.1. The van der Waals surface area contributed by atoms with Crippen LogP contribution >= 0.6 is 11.6 Å². The highest BCUT2D eigenvalue weighted by Gasteiger charge is 2.26. The Hall–Kier alpha value is -1.55. The molecule has 1 aromatic carbocycles. The van der Waals surface area contributed by atoms with E-state index < -0.39 is 5.82 Å². The van der Waals surface area contributed by atoms with Crippen molar-refractivity contribution in [2.75, 3.05) is 5.73 Å². The van der Waals surface area contributed by atoms with Crippen LogP contribution in [0.5, 0.6) is 0 Å². The summed E-state index contributed by atoms with van der Waals surface area (Å²) in [6, 6.07) is 4.54. The van der Waals surface area contributed by atoms with Crippen molar-refractivity contribution in [3.05, 3.63) is 34.9 Å². The lowest BCUT2D eigenvalue weighted by atomic mass is 10.1. The van der Waals surface area contributed by atoms with E-state index in [-0.39, 0.29) is 11.5 Å². The zero-order chi connectivity index (χ0) is 15.9. The Bertz CT molecular complexity index is 669. The number of aromatic nitrogens is 2. The SMILES string of the molecule is CC(C)c1nc(-c2ccc(Cl)cc2F)c(N)n1C(C)(C)C. The highest BCUT2D eigenvalue weighted by molar-refractivity contribution is 6.30. The quantitative estimate of drug-likeness (QED) is 0.865. The van der Waals surface area contributed by atoms with Gasteiger partial charge >= 0.3 is 0 Å². The molecule has 0 radical (unpaired) electrons. The van der Waals surface area contributed by atoms with Gasteiger partial charge in [0.15, 0.2) is 0 Å². The normalized spacial score (nSPS) is 12.2. The zero-order valence-corrected chi connectivity index (χ0v) is 13.8. The largest absolute Gasteiger partial charge is 0.383 e. The molecule has 3 nitrogen and oxygen atoms in total. The molecule has 5 heteroatoms. The maximum atomic E-state index is 14.2. The number of nitrogens with two attached hydrogens (primary N) is 1. The number of nitrogen functional groups attached to an aromatic ring is 1. The maximum absolute atomic E-state index is 14.2. The highest BCUT2D eigenvalue weighted by Crippen LogP contribution is 2.35. The average molecular weight is 310 g/mol. The van der Waals surface area contributed by atoms with Crippen molar-refractivity contribution >= 4 is 17.4 Å². The number of hydrogen-bond acceptors (Lipinski definition) is 2. The van der Waals surface area contributed by atoms with Crippen LogP contribution < -0.4 is 5.73 Å². The summed E-state index contributed by atoms with van der Waals surface area (Å²) in [5.74, 6) is 1.11. The van der Waals surface area contributed by atoms with Gasteiger partial charge in [-0.3, -0.25) is 0 Å². The molecule has 0 aliphatic carbocycles. The second-order valence-electron chi connectivity index (χ2n) is 6.49. The molecule has 2 aromatic rings. The predicted octanol–water partition coefficient (Wildman–Crippen LogP) is 4.80. The van der Waals surface area contributed by atoms with Gasteiger partial charge in [0.05, 0.1) is 0 Å². The van der Waals surface area contributed by atoms with Gasteiger partial charge < -0.3 is 10.3 Å². The van der Waals surface area contributed by atoms with Gasteiger partial charge in [0, 0.05) is 22.0 Å². The maximum Gasteiger partial charge on any atom is 0.134 e. The zero-order valence-electron chi connectivity index (χ0n) is 13.0. The first-order valence-corrected chi connectivity index (χ1v) is 7.34. The van der Waals surface area contributed by atoms with Crippen LogP contribution in [-0.4, -0.2) is 9.55 Å². The lowest BCUT2D eigenvalue weighted by molar-refractivity contribution is 0.382. The number of anilines is 1. The van der Waals surface area contributed by atoms with E-state index in [9.17, 15) is 4.39 Å². The summed E-state index contributed by atoms with van der Waals surface area (Å²) in [5.41, 5.74) is 6.89. The fraction of sp³-hybridized carbons (Fsp3) is 0.438. The van der Waals surface area contributed by atoms with E-state index in [0.29, 0.717) is 22.1 Å². The van der Waals surface area contributed by atoms with E-state index in [0.717, 1.165) is 5.82 Å². The van der Waals surface area contributed by atoms with E-state index in [4.69, 9.17) is 17.3 Å². The van der Waals surface area contributed by atoms with Crippen molar-refractivity contribution < 1.29 is 4.39 Å². The van der Waals surface area contributed by atoms with Crippen LogP contribution in [0.2, 0.25) is 5.02 Å². The molecule has 0 unspecified atom stereocenters. The molecule has 1 heterocycles. The standard InChI is InChI=1S/C16H21ClFN3/c1-9(2)15-20-13(14(19)21(15)16(3,4)5)11-7-6-10(17)8-12(11)18/h6-9H,19H2,1-5H3. The van der Waals surface area contributed by atoms with Crippen molar-refractivity contribution in [2.24, 2.45) is 0 Å². The highest BCUT2D eigenvalue weighted by atomic mass is 35.5. The van der Waals surface area contributed by atoms with E-state index in [1.165, 1.54) is 6.07 Å². The third-order valence-electron chi connectivity index (χ3n) is 3.31. The monoisotopic (exact) mass is 309 g/mol. The Balaban J connectivity index is 2.71. The van der Waals surface area contributed by atoms with Crippen molar-refractivity contribution in [3.8, 4) is 11.3 Å². The van der Waals surface area contributed by atoms with Gasteiger partial charge in [0.25, 0.3) is 0 Å². The third-order valence-corrected chi connectivity index (χ3v) is 3.55. The van der Waals surface area contributed by atoms with Crippen LogP contribution in [0.4, 0.5) is 10.2 Å². The lowest BCUT2D eigenvalue weighted by Gasteiger charge is -2.26. The summed E-state index contributed by atoms with van der Waals surface area (Å²) in [4.78, 5) is 4.59. The van der Waals surface area contributed by atoms with Crippen LogP contribution in [0.25, 0.3) is 11.3 Å². The Morgan fingerprint density at radius 1 is 1.29 bits per heavy atom. The number of nitrogens with zero attached hydrogens (tertiary/aromatic N) is 2. The van der Waals surface area contributed by atoms with E-state index in [2.05, 4.69) is 25.8 Å². The Morgan fingerprint density at radius 3 is 2.33 bits per heavy atom. The molecule has 0 spiro atoms. The van der Waals surface area contributed by atoms with E-state index in [1.807, 2.05) is 18.4 Å². The van der Waals surface area contributed by atoms with Gasteiger partial charge in [-0.1, -0.05) is 25.4 Å². The minimum absolute atomic E-state index is 0.190. The second kappa shape index (κ2) is 5.34. The van der Waals surface area contributed by atoms with Gasteiger partial charge in [0.2, 0.25) is 0 Å². The fourth-order valence-corrected chi connectivity index (χ4v) is 2.58. The smallest absolute Gasteiger partial charge is 0.134 e. The van der Waals surface area contributed by atoms with Gasteiger partial charge in [-0.2, -0.15) is 0 Å². The molecule has 0 saturated heterocycles. The fourth-order valence-electron chi connectivity index (χ4n) is 2.42. The molecule has 2 rings (SSSR count). The van der Waals surface area contributed by atoms with Crippen LogP contribution in [-0.2, 0) is 5.54 Å². The molecule has 0 atom stereocenters. The molecule has 0 aliphatic rings. The summed E-state index contributed by atoms with van der Waals surface area (Å²) >= 11 is 5.81. The van der Waals surface area contributed by atoms with Crippen molar-refractivity contribution in [1.82, 2.24) is 9.55 Å². The van der Waals surface area contributed by atoms with Crippen LogP contribution in [0, 0.1) is 5.82 Å². The van der Waals surface area contributed by atoms with E-state index >= 15 is 0 Å². The van der Waals surface area contributed by atoms with Gasteiger partial charge in [0.1, 0.15) is 23.2 Å². The summed E-state index contributed by atoms with van der Waals surface area (Å²) in [6.07, 6.45) is 0. The number of halogens is 2. The summed E-state index contributed by atoms with van der Waals surface area (Å²) in [6.45, 7) is 10.3. The molecular formula is C16H21ClFN3. The van der Waals surface area contributed by atoms with Gasteiger partial charge in [-0.25, -0.2) is 9.37 Å². The molecular weight excluding hydrogens is 289 g/mol. The molecule has 114 valence electrons. The first kappa shape index (κ1) is 15.8. The first-order valence-electron chi connectivity index (χ1n) is 6.97. The minimum atomic E-state index is -0.414. The van der Waals surface area contributed by atoms with Crippen molar-refractivity contribution in [3.63, 3.8) is 0 Å². The molecule has 21 heavy (non-hydrogen) atoms. The molecule has 0 amide bonds. The number of hydrogen-bond donors (Lipinski definition) is 1. The average Bonchev–Trinajstić information content (AvgIpc) is 2.67. The molecule has 2 N–H and O–H groups in total. The molecule has 0 bridgehead atoms. The van der Waals surface area contributed by atoms with Crippen molar-refractivity contribution in [2.45, 2.75) is 46.1 Å². The number of imidazole rings is 1. The first-order chi connectivity index (χ1) is 9.62. The van der Waals surface area contributed by atoms with Crippen LogP contribution in [0.1, 0.15) is 46.4 Å². The van der Waals surface area contributed by atoms with Gasteiger partial charge in [-0.15, -0.1) is 0 Å². The number of rotatable bonds is 2. The Kier molecular flexibility index (Phi) is 4.02. The summed E-state index contributed by atoms with van der Waals surface area (Å²) in [7, 11) is 0. The molecule has 0 aliphatic heterocycles. The van der Waals surface area contributed by atoms with Crippen LogP contribution in [0.15, 0.2) is 18.2 Å². The van der Waals surface area contributed by atoms with Crippen LogP contribution in [0.3, 0.4) is 0 Å².